The summed E-state index contributed by atoms with van der Waals surface area (Å²) in [7, 11) is -3.53. The van der Waals surface area contributed by atoms with Crippen molar-refractivity contribution in [1.29, 1.82) is 0 Å². The molecule has 1 fully saturated rings. The molecule has 3 heterocycles. The Labute approximate surface area is 172 Å². The predicted octanol–water partition coefficient (Wildman–Crippen LogP) is 1.28. The fourth-order valence-electron chi connectivity index (χ4n) is 2.82. The van der Waals surface area contributed by atoms with Crippen LogP contribution >= 0.6 is 11.3 Å². The highest BCUT2D eigenvalue weighted by Gasteiger charge is 2.27. The van der Waals surface area contributed by atoms with Crippen molar-refractivity contribution in [1.82, 2.24) is 24.6 Å². The minimum absolute atomic E-state index is 0.187. The summed E-state index contributed by atoms with van der Waals surface area (Å²) >= 11 is 1.15. The fourth-order valence-corrected chi connectivity index (χ4v) is 5.67. The Kier molecular flexibility index (Phi) is 5.72. The molecule has 1 aliphatic rings. The number of sulfonamides is 1. The van der Waals surface area contributed by atoms with Crippen LogP contribution in [0.3, 0.4) is 0 Å². The molecule has 1 saturated heterocycles. The first-order valence-corrected chi connectivity index (χ1v) is 11.2. The number of amides is 1. The third-order valence-electron chi connectivity index (χ3n) is 4.34. The summed E-state index contributed by atoms with van der Waals surface area (Å²) in [5.74, 6) is -0.377. The molecule has 152 valence electrons. The molecule has 2 aromatic heterocycles. The van der Waals surface area contributed by atoms with Gasteiger partial charge < -0.3 is 10.1 Å². The molecular formula is C18H19N5O4S2. The van der Waals surface area contributed by atoms with Crippen molar-refractivity contribution in [2.75, 3.05) is 26.3 Å². The van der Waals surface area contributed by atoms with Crippen molar-refractivity contribution < 1.29 is 17.9 Å². The Morgan fingerprint density at radius 1 is 1.14 bits per heavy atom. The summed E-state index contributed by atoms with van der Waals surface area (Å²) in [6.45, 7) is 1.71. The van der Waals surface area contributed by atoms with Gasteiger partial charge in [-0.1, -0.05) is 18.2 Å². The number of para-hydroxylation sites is 1. The van der Waals surface area contributed by atoms with Gasteiger partial charge in [0, 0.05) is 18.0 Å². The molecule has 11 heteroatoms. The molecule has 0 unspecified atom stereocenters. The van der Waals surface area contributed by atoms with Gasteiger partial charge in [0.25, 0.3) is 15.9 Å². The van der Waals surface area contributed by atoms with Crippen molar-refractivity contribution >= 4 is 27.3 Å². The number of carbonyl (C=O) groups excluding carboxylic acids is 1. The maximum Gasteiger partial charge on any atom is 0.273 e. The quantitative estimate of drug-likeness (QED) is 0.628. The number of hydrogen-bond acceptors (Lipinski definition) is 7. The van der Waals surface area contributed by atoms with Crippen LogP contribution in [0.5, 0.6) is 0 Å². The van der Waals surface area contributed by atoms with Gasteiger partial charge in [0.1, 0.15) is 4.21 Å². The smallest absolute Gasteiger partial charge is 0.273 e. The molecule has 9 nitrogen and oxygen atoms in total. The molecule has 0 spiro atoms. The number of aromatic nitrogens is 3. The predicted molar refractivity (Wildman–Crippen MR) is 106 cm³/mol. The highest BCUT2D eigenvalue weighted by Crippen LogP contribution is 2.25. The first-order chi connectivity index (χ1) is 14.0. The van der Waals surface area contributed by atoms with Crippen LogP contribution in [0.4, 0.5) is 0 Å². The first kappa shape index (κ1) is 19.7. The number of benzene rings is 1. The summed E-state index contributed by atoms with van der Waals surface area (Å²) in [4.78, 5) is 14.5. The van der Waals surface area contributed by atoms with Crippen molar-refractivity contribution in [2.45, 2.75) is 10.8 Å². The van der Waals surface area contributed by atoms with Gasteiger partial charge in [0.15, 0.2) is 5.69 Å². The Hall–Kier alpha value is -2.60. The molecule has 1 aliphatic heterocycles. The van der Waals surface area contributed by atoms with Gasteiger partial charge in [-0.3, -0.25) is 4.79 Å². The molecule has 3 aromatic rings. The van der Waals surface area contributed by atoms with Gasteiger partial charge in [-0.05, 0) is 24.3 Å². The van der Waals surface area contributed by atoms with E-state index in [4.69, 9.17) is 4.74 Å². The second-order valence-electron chi connectivity index (χ2n) is 6.27. The van der Waals surface area contributed by atoms with Crippen LogP contribution in [0.2, 0.25) is 0 Å². The van der Waals surface area contributed by atoms with Crippen molar-refractivity contribution in [3.05, 3.63) is 59.2 Å². The largest absolute Gasteiger partial charge is 0.379 e. The third kappa shape index (κ3) is 4.37. The van der Waals surface area contributed by atoms with Gasteiger partial charge in [0.05, 0.1) is 31.6 Å². The molecule has 1 amide bonds. The minimum Gasteiger partial charge on any atom is -0.379 e. The third-order valence-corrected chi connectivity index (χ3v) is 7.79. The molecule has 4 rings (SSSR count). The van der Waals surface area contributed by atoms with E-state index in [0.29, 0.717) is 26.3 Å². The molecule has 0 radical (unpaired) electrons. The zero-order valence-corrected chi connectivity index (χ0v) is 17.0. The topological polar surface area (TPSA) is 106 Å². The van der Waals surface area contributed by atoms with Crippen LogP contribution < -0.4 is 5.32 Å². The highest BCUT2D eigenvalue weighted by atomic mass is 32.2. The zero-order valence-electron chi connectivity index (χ0n) is 15.4. The Balaban J connectivity index is 1.39. The SMILES string of the molecule is O=C(NCc1ccc(S(=O)(=O)N2CCOCC2)s1)c1cnn(-c2ccccc2)n1. The maximum atomic E-state index is 12.7. The van der Waals surface area contributed by atoms with E-state index in [1.807, 2.05) is 30.3 Å². The molecule has 1 aromatic carbocycles. The van der Waals surface area contributed by atoms with Gasteiger partial charge >= 0.3 is 0 Å². The highest BCUT2D eigenvalue weighted by molar-refractivity contribution is 7.91. The Bertz CT molecular complexity index is 1090. The molecular weight excluding hydrogens is 414 g/mol. The molecule has 0 bridgehead atoms. The number of nitrogens with one attached hydrogen (secondary N) is 1. The van der Waals surface area contributed by atoms with Gasteiger partial charge in [0.2, 0.25) is 0 Å². The lowest BCUT2D eigenvalue weighted by Gasteiger charge is -2.25. The van der Waals surface area contributed by atoms with E-state index in [0.717, 1.165) is 21.9 Å². The van der Waals surface area contributed by atoms with E-state index in [1.165, 1.54) is 15.3 Å². The average molecular weight is 434 g/mol. The van der Waals surface area contributed by atoms with Gasteiger partial charge in [-0.2, -0.15) is 14.2 Å². The Morgan fingerprint density at radius 3 is 2.66 bits per heavy atom. The maximum absolute atomic E-state index is 12.7. The van der Waals surface area contributed by atoms with Crippen molar-refractivity contribution in [3.8, 4) is 5.69 Å². The van der Waals surface area contributed by atoms with E-state index >= 15 is 0 Å². The number of carbonyl (C=O) groups is 1. The number of ether oxygens (including phenoxy) is 1. The molecule has 0 aliphatic carbocycles. The molecule has 1 N–H and O–H groups in total. The van der Waals surface area contributed by atoms with Crippen LogP contribution in [-0.4, -0.2) is 59.9 Å². The summed E-state index contributed by atoms with van der Waals surface area (Å²) in [5.41, 5.74) is 0.939. The van der Waals surface area contributed by atoms with Gasteiger partial charge in [-0.15, -0.1) is 16.4 Å². The number of rotatable bonds is 6. The second-order valence-corrected chi connectivity index (χ2v) is 9.61. The monoisotopic (exact) mass is 433 g/mol. The van der Waals surface area contributed by atoms with E-state index in [9.17, 15) is 13.2 Å². The lowest BCUT2D eigenvalue weighted by Crippen LogP contribution is -2.40. The molecule has 0 atom stereocenters. The van der Waals surface area contributed by atoms with Crippen LogP contribution in [0.1, 0.15) is 15.4 Å². The van der Waals surface area contributed by atoms with Crippen LogP contribution in [-0.2, 0) is 21.3 Å². The van der Waals surface area contributed by atoms with Crippen LogP contribution in [0.25, 0.3) is 5.69 Å². The number of hydrogen-bond donors (Lipinski definition) is 1. The van der Waals surface area contributed by atoms with E-state index < -0.39 is 10.0 Å². The fraction of sp³-hybridized carbons (Fsp3) is 0.278. The Morgan fingerprint density at radius 2 is 1.90 bits per heavy atom. The summed E-state index contributed by atoms with van der Waals surface area (Å²) < 4.78 is 32.2. The number of thiophene rings is 1. The molecule has 0 saturated carbocycles. The standard InChI is InChI=1S/C18H19N5O4S2/c24-18(16-13-20-23(21-16)14-4-2-1-3-5-14)19-12-15-6-7-17(28-15)29(25,26)22-8-10-27-11-9-22/h1-7,13H,8-12H2,(H,19,24). The van der Waals surface area contributed by atoms with E-state index in [1.54, 1.807) is 12.1 Å². The lowest BCUT2D eigenvalue weighted by atomic mass is 10.3. The first-order valence-electron chi connectivity index (χ1n) is 8.96. The van der Waals surface area contributed by atoms with Gasteiger partial charge in [-0.25, -0.2) is 8.42 Å². The number of nitrogens with zero attached hydrogens (tertiary/aromatic N) is 4. The van der Waals surface area contributed by atoms with Crippen LogP contribution in [0.15, 0.2) is 52.9 Å². The summed E-state index contributed by atoms with van der Waals surface area (Å²) in [5, 5.41) is 11.0. The average Bonchev–Trinajstić information content (AvgIpc) is 3.44. The minimum atomic E-state index is -3.53. The van der Waals surface area contributed by atoms with Crippen molar-refractivity contribution in [3.63, 3.8) is 0 Å². The summed E-state index contributed by atoms with van der Waals surface area (Å²) in [6, 6.07) is 12.6. The van der Waals surface area contributed by atoms with Crippen molar-refractivity contribution in [2.24, 2.45) is 0 Å². The normalized spacial score (nSPS) is 15.3. The van der Waals surface area contributed by atoms with E-state index in [2.05, 4.69) is 15.5 Å². The number of morpholine rings is 1. The van der Waals surface area contributed by atoms with E-state index in [-0.39, 0.29) is 22.4 Å². The van der Waals surface area contributed by atoms with Crippen LogP contribution in [0, 0.1) is 0 Å². The lowest BCUT2D eigenvalue weighted by molar-refractivity contribution is 0.0731. The second kappa shape index (κ2) is 8.41. The summed E-state index contributed by atoms with van der Waals surface area (Å²) in [6.07, 6.45) is 1.39. The molecule has 29 heavy (non-hydrogen) atoms. The zero-order chi connectivity index (χ0) is 20.3.